The maximum atomic E-state index is 5.34. The minimum atomic E-state index is 0.786. The molecule has 0 spiro atoms. The number of para-hydroxylation sites is 2. The van der Waals surface area contributed by atoms with Gasteiger partial charge in [0.25, 0.3) is 0 Å². The molecule has 3 nitrogen and oxygen atoms in total. The van der Waals surface area contributed by atoms with Crippen molar-refractivity contribution in [2.75, 3.05) is 12.4 Å². The number of nitrogens with one attached hydrogen (secondary N) is 1. The number of rotatable bonds is 3. The first-order valence-corrected chi connectivity index (χ1v) is 6.12. The Morgan fingerprint density at radius 1 is 0.947 bits per heavy atom. The van der Waals surface area contributed by atoms with Gasteiger partial charge in [-0.1, -0.05) is 30.3 Å². The van der Waals surface area contributed by atoms with Crippen LogP contribution in [0.3, 0.4) is 0 Å². The highest BCUT2D eigenvalue weighted by molar-refractivity contribution is 5.96. The normalized spacial score (nSPS) is 10.4. The lowest BCUT2D eigenvalue weighted by atomic mass is 10.1. The zero-order valence-corrected chi connectivity index (χ0v) is 10.6. The molecule has 2 aromatic carbocycles. The van der Waals surface area contributed by atoms with Crippen molar-refractivity contribution in [2.24, 2.45) is 0 Å². The zero-order valence-electron chi connectivity index (χ0n) is 10.6. The summed E-state index contributed by atoms with van der Waals surface area (Å²) in [5.74, 6) is 0.786. The second-order valence-electron chi connectivity index (χ2n) is 4.21. The van der Waals surface area contributed by atoms with E-state index in [-0.39, 0.29) is 0 Å². The molecule has 94 valence electrons. The van der Waals surface area contributed by atoms with Gasteiger partial charge >= 0.3 is 0 Å². The Bertz CT molecular complexity index is 695. The van der Waals surface area contributed by atoms with Crippen LogP contribution in [-0.2, 0) is 0 Å². The van der Waals surface area contributed by atoms with E-state index < -0.39 is 0 Å². The number of anilines is 2. The van der Waals surface area contributed by atoms with Gasteiger partial charge in [-0.25, -0.2) is 0 Å². The average molecular weight is 250 g/mol. The zero-order chi connectivity index (χ0) is 13.1. The Hall–Kier alpha value is -2.55. The van der Waals surface area contributed by atoms with Gasteiger partial charge < -0.3 is 10.1 Å². The van der Waals surface area contributed by atoms with E-state index in [1.54, 1.807) is 13.3 Å². The number of nitrogens with zero attached hydrogens (tertiary/aromatic N) is 1. The van der Waals surface area contributed by atoms with Crippen LogP contribution in [-0.4, -0.2) is 12.1 Å². The van der Waals surface area contributed by atoms with Crippen LogP contribution in [0.1, 0.15) is 0 Å². The summed E-state index contributed by atoms with van der Waals surface area (Å²) in [6.07, 6.45) is 1.79. The number of hydrogen-bond acceptors (Lipinski definition) is 3. The first-order chi connectivity index (χ1) is 9.38. The van der Waals surface area contributed by atoms with E-state index in [4.69, 9.17) is 4.74 Å². The molecule has 0 saturated heterocycles. The summed E-state index contributed by atoms with van der Waals surface area (Å²) in [6, 6.07) is 18.0. The van der Waals surface area contributed by atoms with Crippen molar-refractivity contribution in [3.8, 4) is 5.75 Å². The van der Waals surface area contributed by atoms with Gasteiger partial charge in [0, 0.05) is 23.0 Å². The molecule has 0 atom stereocenters. The average Bonchev–Trinajstić information content (AvgIpc) is 2.48. The summed E-state index contributed by atoms with van der Waals surface area (Å²) in [5, 5.41) is 4.45. The third-order valence-corrected chi connectivity index (χ3v) is 3.01. The molecule has 0 aliphatic carbocycles. The Balaban J connectivity index is 2.09. The van der Waals surface area contributed by atoms with E-state index in [0.717, 1.165) is 28.0 Å². The number of aromatic nitrogens is 1. The smallest absolute Gasteiger partial charge is 0.145 e. The molecule has 0 saturated carbocycles. The van der Waals surface area contributed by atoms with E-state index in [9.17, 15) is 0 Å². The molecule has 0 aliphatic heterocycles. The molecule has 0 bridgehead atoms. The van der Waals surface area contributed by atoms with Gasteiger partial charge in [0.15, 0.2) is 0 Å². The Morgan fingerprint density at radius 2 is 1.79 bits per heavy atom. The molecule has 3 aromatic rings. The van der Waals surface area contributed by atoms with Crippen LogP contribution in [0.4, 0.5) is 11.4 Å². The number of hydrogen-bond donors (Lipinski definition) is 1. The lowest BCUT2D eigenvalue weighted by molar-refractivity contribution is 0.419. The molecule has 0 aliphatic rings. The van der Waals surface area contributed by atoms with Crippen molar-refractivity contribution in [3.05, 3.63) is 60.8 Å². The van der Waals surface area contributed by atoms with Crippen molar-refractivity contribution in [3.63, 3.8) is 0 Å². The second-order valence-corrected chi connectivity index (χ2v) is 4.21. The largest absolute Gasteiger partial charge is 0.494 e. The molecular formula is C16H14N2O. The summed E-state index contributed by atoms with van der Waals surface area (Å²) in [4.78, 5) is 4.39. The van der Waals surface area contributed by atoms with Crippen molar-refractivity contribution in [2.45, 2.75) is 0 Å². The molecule has 1 aromatic heterocycles. The Kier molecular flexibility index (Phi) is 3.02. The van der Waals surface area contributed by atoms with E-state index >= 15 is 0 Å². The maximum Gasteiger partial charge on any atom is 0.145 e. The number of benzene rings is 2. The Morgan fingerprint density at radius 3 is 2.58 bits per heavy atom. The summed E-state index contributed by atoms with van der Waals surface area (Å²) in [5.41, 5.74) is 2.94. The molecule has 3 heteroatoms. The monoisotopic (exact) mass is 250 g/mol. The SMILES string of the molecule is COc1cccc2c(Nc3ccccc3)ccnc12. The quantitative estimate of drug-likeness (QED) is 0.763. The minimum Gasteiger partial charge on any atom is -0.494 e. The van der Waals surface area contributed by atoms with Gasteiger partial charge in [0.05, 0.1) is 7.11 Å². The predicted octanol–water partition coefficient (Wildman–Crippen LogP) is 3.99. The summed E-state index contributed by atoms with van der Waals surface area (Å²) in [6.45, 7) is 0. The van der Waals surface area contributed by atoms with Crippen molar-refractivity contribution in [1.29, 1.82) is 0 Å². The van der Waals surface area contributed by atoms with Crippen LogP contribution >= 0.6 is 0 Å². The maximum absolute atomic E-state index is 5.34. The van der Waals surface area contributed by atoms with Gasteiger partial charge in [0.1, 0.15) is 11.3 Å². The third-order valence-electron chi connectivity index (χ3n) is 3.01. The predicted molar refractivity (Wildman–Crippen MR) is 78.0 cm³/mol. The van der Waals surface area contributed by atoms with Crippen LogP contribution in [0.2, 0.25) is 0 Å². The highest BCUT2D eigenvalue weighted by Gasteiger charge is 2.06. The lowest BCUT2D eigenvalue weighted by Gasteiger charge is -2.11. The highest BCUT2D eigenvalue weighted by Crippen LogP contribution is 2.30. The second kappa shape index (κ2) is 4.98. The fourth-order valence-corrected chi connectivity index (χ4v) is 2.10. The van der Waals surface area contributed by atoms with Crippen LogP contribution < -0.4 is 10.1 Å². The van der Waals surface area contributed by atoms with Gasteiger partial charge in [0.2, 0.25) is 0 Å². The van der Waals surface area contributed by atoms with Crippen LogP contribution in [0, 0.1) is 0 Å². The van der Waals surface area contributed by atoms with E-state index in [2.05, 4.69) is 10.3 Å². The summed E-state index contributed by atoms with van der Waals surface area (Å²) >= 11 is 0. The van der Waals surface area contributed by atoms with Gasteiger partial charge in [-0.2, -0.15) is 0 Å². The summed E-state index contributed by atoms with van der Waals surface area (Å²) in [7, 11) is 1.66. The fraction of sp³-hybridized carbons (Fsp3) is 0.0625. The van der Waals surface area contributed by atoms with E-state index in [1.165, 1.54) is 0 Å². The van der Waals surface area contributed by atoms with Crippen LogP contribution in [0.15, 0.2) is 60.8 Å². The van der Waals surface area contributed by atoms with Crippen LogP contribution in [0.5, 0.6) is 5.75 Å². The molecule has 0 fully saturated rings. The molecule has 0 radical (unpaired) electrons. The van der Waals surface area contributed by atoms with Gasteiger partial charge in [-0.05, 0) is 24.3 Å². The van der Waals surface area contributed by atoms with Gasteiger partial charge in [-0.3, -0.25) is 4.98 Å². The van der Waals surface area contributed by atoms with E-state index in [0.29, 0.717) is 0 Å². The molecule has 0 amide bonds. The fourth-order valence-electron chi connectivity index (χ4n) is 2.10. The lowest BCUT2D eigenvalue weighted by Crippen LogP contribution is -1.93. The van der Waals surface area contributed by atoms with E-state index in [1.807, 2.05) is 54.6 Å². The molecule has 3 rings (SSSR count). The molecule has 1 N–H and O–H groups in total. The van der Waals surface area contributed by atoms with Crippen molar-refractivity contribution < 1.29 is 4.74 Å². The minimum absolute atomic E-state index is 0.786. The standard InChI is InChI=1S/C16H14N2O/c1-19-15-9-5-8-13-14(10-11-17-16(13)15)18-12-6-3-2-4-7-12/h2-11H,1H3,(H,17,18). The highest BCUT2D eigenvalue weighted by atomic mass is 16.5. The first-order valence-electron chi connectivity index (χ1n) is 6.12. The molecule has 0 unspecified atom stereocenters. The number of pyridine rings is 1. The molecule has 19 heavy (non-hydrogen) atoms. The Labute approximate surface area is 111 Å². The first kappa shape index (κ1) is 11.5. The number of methoxy groups -OCH3 is 1. The molecule has 1 heterocycles. The number of ether oxygens (including phenoxy) is 1. The number of fused-ring (bicyclic) bond motifs is 1. The van der Waals surface area contributed by atoms with Gasteiger partial charge in [-0.15, -0.1) is 0 Å². The van der Waals surface area contributed by atoms with Crippen molar-refractivity contribution >= 4 is 22.3 Å². The molecular weight excluding hydrogens is 236 g/mol. The topological polar surface area (TPSA) is 34.1 Å². The van der Waals surface area contributed by atoms with Crippen LogP contribution in [0.25, 0.3) is 10.9 Å². The summed E-state index contributed by atoms with van der Waals surface area (Å²) < 4.78 is 5.34. The van der Waals surface area contributed by atoms with Crippen molar-refractivity contribution in [1.82, 2.24) is 4.98 Å². The third kappa shape index (κ3) is 2.22.